The summed E-state index contributed by atoms with van der Waals surface area (Å²) in [6, 6.07) is 7.80. The Kier molecular flexibility index (Phi) is 12.6. The fourth-order valence-electron chi connectivity index (χ4n) is 4.89. The number of carboxylic acid groups (broad SMARTS) is 1. The molecule has 1 saturated heterocycles. The predicted octanol–water partition coefficient (Wildman–Crippen LogP) is 6.58. The highest BCUT2D eigenvalue weighted by Gasteiger charge is 2.34. The summed E-state index contributed by atoms with van der Waals surface area (Å²) in [6.45, 7) is 1.24. The highest BCUT2D eigenvalue weighted by Crippen LogP contribution is 2.42. The summed E-state index contributed by atoms with van der Waals surface area (Å²) in [5.41, 5.74) is 1.86. The maximum atomic E-state index is 14.0. The number of nitrogens with one attached hydrogen (secondary N) is 7. The molecule has 0 radical (unpaired) electrons. The van der Waals surface area contributed by atoms with Gasteiger partial charge in [0.25, 0.3) is 0 Å². The summed E-state index contributed by atoms with van der Waals surface area (Å²) in [7, 11) is 0. The number of alkyl halides is 6. The molecule has 0 unspecified atom stereocenters. The first kappa shape index (κ1) is 38.9. The minimum absolute atomic E-state index is 0.000735. The number of unbranched alkanes of at least 4 members (excludes halogenated alkanes) is 1. The maximum absolute atomic E-state index is 14.0. The van der Waals surface area contributed by atoms with Crippen LogP contribution in [0.2, 0.25) is 0 Å². The Balaban J connectivity index is 1.52. The number of hydrogen-bond acceptors (Lipinski definition) is 7. The van der Waals surface area contributed by atoms with E-state index in [9.17, 15) is 40.7 Å². The molecule has 1 aliphatic heterocycles. The van der Waals surface area contributed by atoms with Crippen molar-refractivity contribution in [3.8, 4) is 17.2 Å². The van der Waals surface area contributed by atoms with Crippen LogP contribution in [0.5, 0.6) is 17.2 Å². The van der Waals surface area contributed by atoms with E-state index in [1.54, 1.807) is 0 Å². The highest BCUT2D eigenvalue weighted by atomic mass is 19.4. The van der Waals surface area contributed by atoms with E-state index in [1.807, 2.05) is 5.32 Å². The van der Waals surface area contributed by atoms with E-state index in [-0.39, 0.29) is 41.0 Å². The quantitative estimate of drug-likeness (QED) is 0.0400. The van der Waals surface area contributed by atoms with Crippen molar-refractivity contribution in [1.82, 2.24) is 10.6 Å². The summed E-state index contributed by atoms with van der Waals surface area (Å²) in [6.07, 6.45) is -10.6. The maximum Gasteiger partial charge on any atom is 0.416 e. The number of benzene rings is 3. The van der Waals surface area contributed by atoms with Crippen molar-refractivity contribution in [3.63, 3.8) is 0 Å². The first-order chi connectivity index (χ1) is 24.5. The highest BCUT2D eigenvalue weighted by molar-refractivity contribution is 6.02. The monoisotopic (exact) mass is 740 g/mol. The van der Waals surface area contributed by atoms with Crippen LogP contribution >= 0.6 is 0 Å². The van der Waals surface area contributed by atoms with Crippen LogP contribution in [0, 0.1) is 5.41 Å². The molecule has 1 heterocycles. The lowest BCUT2D eigenvalue weighted by Gasteiger charge is -2.22. The number of guanidine groups is 1. The topological polar surface area (TPSA) is 212 Å². The molecule has 3 aromatic rings. The van der Waals surface area contributed by atoms with Crippen molar-refractivity contribution in [1.29, 1.82) is 5.41 Å². The van der Waals surface area contributed by atoms with Gasteiger partial charge < -0.3 is 46.9 Å². The molecule has 1 atom stereocenters. The number of carbonyl (C=O) groups excluding carboxylic acids is 2. The number of urea groups is 1. The van der Waals surface area contributed by atoms with Gasteiger partial charge in [-0.15, -0.1) is 0 Å². The first-order valence-electron chi connectivity index (χ1n) is 15.5. The van der Waals surface area contributed by atoms with Gasteiger partial charge in [0, 0.05) is 37.0 Å². The second-order valence-electron chi connectivity index (χ2n) is 11.4. The second kappa shape index (κ2) is 16.9. The van der Waals surface area contributed by atoms with Crippen LogP contribution in [-0.4, -0.2) is 54.8 Å². The van der Waals surface area contributed by atoms with Gasteiger partial charge in [0.15, 0.2) is 11.7 Å². The molecule has 4 rings (SSSR count). The lowest BCUT2D eigenvalue weighted by molar-refractivity contribution is -0.138. The third kappa shape index (κ3) is 11.9. The van der Waals surface area contributed by atoms with Crippen LogP contribution < -0.4 is 47.1 Å². The number of nitrogens with two attached hydrogens (primary N) is 1. The summed E-state index contributed by atoms with van der Waals surface area (Å²) < 4.78 is 93.5. The van der Waals surface area contributed by atoms with Crippen LogP contribution in [0.25, 0.3) is 0 Å². The van der Waals surface area contributed by atoms with E-state index in [0.717, 1.165) is 6.07 Å². The molecule has 10 N–H and O–H groups in total. The molecule has 1 fully saturated rings. The molecule has 4 amide bonds. The smallest absolute Gasteiger partial charge is 0.416 e. The SMILES string of the molecule is N=C(N)NCCCCC(=O)Nc1cc(C(F)(F)F)cc(NC(=O)Nc2ccc(Oc3cc(NC(=O)O)cc(C(F)(F)F)c3)cc2)c1O[C@@H]1CCNC1. The molecule has 52 heavy (non-hydrogen) atoms. The molecule has 14 nitrogen and oxygen atoms in total. The Morgan fingerprint density at radius 2 is 1.50 bits per heavy atom. The Labute approximate surface area is 291 Å². The number of rotatable bonds is 13. The van der Waals surface area contributed by atoms with Crippen molar-refractivity contribution in [2.45, 2.75) is 44.1 Å². The van der Waals surface area contributed by atoms with Gasteiger partial charge >= 0.3 is 24.5 Å². The molecule has 0 saturated carbocycles. The van der Waals surface area contributed by atoms with Crippen LogP contribution in [0.3, 0.4) is 0 Å². The van der Waals surface area contributed by atoms with E-state index < -0.39 is 59.0 Å². The molecule has 0 aromatic heterocycles. The van der Waals surface area contributed by atoms with E-state index in [0.29, 0.717) is 63.2 Å². The Morgan fingerprint density at radius 1 is 0.846 bits per heavy atom. The summed E-state index contributed by atoms with van der Waals surface area (Å²) >= 11 is 0. The number of amides is 4. The van der Waals surface area contributed by atoms with Crippen molar-refractivity contribution >= 4 is 46.7 Å². The van der Waals surface area contributed by atoms with Gasteiger partial charge in [-0.05, 0) is 74.3 Å². The largest absolute Gasteiger partial charge is 0.485 e. The molecular formula is C32H34F6N8O6. The van der Waals surface area contributed by atoms with Gasteiger partial charge in [0.05, 0.1) is 22.5 Å². The third-order valence-corrected chi connectivity index (χ3v) is 7.22. The van der Waals surface area contributed by atoms with E-state index in [4.69, 9.17) is 25.7 Å². The van der Waals surface area contributed by atoms with E-state index >= 15 is 0 Å². The van der Waals surface area contributed by atoms with Crippen molar-refractivity contribution in [2.75, 3.05) is 40.9 Å². The van der Waals surface area contributed by atoms with Gasteiger partial charge in [-0.2, -0.15) is 26.3 Å². The van der Waals surface area contributed by atoms with Gasteiger partial charge in [-0.3, -0.25) is 15.5 Å². The standard InChI is InChI=1S/C32H34F6N8O6/c33-31(34,35)17-11-20(44-30(49)50)15-23(12-17)51-21-6-4-19(5-7-21)43-29(48)46-25-14-18(32(36,37)38)13-24(27(25)52-22-8-10-41-16-22)45-26(47)3-1-2-9-42-28(39)40/h4-7,11-15,22,41,44H,1-3,8-10,16H2,(H,45,47)(H,49,50)(H4,39,40,42)(H2,43,46,48)/t22-/m1/s1. The van der Waals surface area contributed by atoms with Gasteiger partial charge in [0.2, 0.25) is 5.91 Å². The zero-order valence-corrected chi connectivity index (χ0v) is 27.1. The van der Waals surface area contributed by atoms with E-state index in [1.165, 1.54) is 24.3 Å². The number of halogens is 6. The second-order valence-corrected chi connectivity index (χ2v) is 11.4. The summed E-state index contributed by atoms with van der Waals surface area (Å²) in [5.74, 6) is -1.41. The van der Waals surface area contributed by atoms with Crippen LogP contribution in [0.1, 0.15) is 36.8 Å². The first-order valence-corrected chi connectivity index (χ1v) is 15.5. The van der Waals surface area contributed by atoms with Crippen molar-refractivity contribution in [3.05, 3.63) is 65.7 Å². The summed E-state index contributed by atoms with van der Waals surface area (Å²) in [5, 5.41) is 30.8. The molecule has 0 aliphatic carbocycles. The molecular weight excluding hydrogens is 706 g/mol. The zero-order valence-electron chi connectivity index (χ0n) is 27.1. The number of carbonyl (C=O) groups is 3. The Bertz CT molecular complexity index is 1770. The number of anilines is 4. The number of hydrogen-bond donors (Lipinski definition) is 9. The van der Waals surface area contributed by atoms with Crippen LogP contribution in [0.4, 0.5) is 58.7 Å². The predicted molar refractivity (Wildman–Crippen MR) is 178 cm³/mol. The molecule has 1 aliphatic rings. The van der Waals surface area contributed by atoms with Crippen molar-refractivity contribution < 1.29 is 55.3 Å². The van der Waals surface area contributed by atoms with E-state index in [2.05, 4.69) is 26.6 Å². The van der Waals surface area contributed by atoms with Gasteiger partial charge in [0.1, 0.15) is 17.6 Å². The van der Waals surface area contributed by atoms with Crippen molar-refractivity contribution in [2.24, 2.45) is 5.73 Å². The van der Waals surface area contributed by atoms with Gasteiger partial charge in [-0.25, -0.2) is 9.59 Å². The van der Waals surface area contributed by atoms with Crippen LogP contribution in [-0.2, 0) is 17.1 Å². The molecule has 0 spiro atoms. The normalized spacial score (nSPS) is 14.2. The average molecular weight is 741 g/mol. The third-order valence-electron chi connectivity index (χ3n) is 7.22. The Morgan fingerprint density at radius 3 is 2.10 bits per heavy atom. The zero-order chi connectivity index (χ0) is 38.1. The minimum Gasteiger partial charge on any atom is -0.485 e. The lowest BCUT2D eigenvalue weighted by atomic mass is 10.1. The van der Waals surface area contributed by atoms with Gasteiger partial charge in [-0.1, -0.05) is 0 Å². The fourth-order valence-corrected chi connectivity index (χ4v) is 4.89. The lowest BCUT2D eigenvalue weighted by Crippen LogP contribution is -2.31. The molecule has 3 aromatic carbocycles. The molecule has 0 bridgehead atoms. The average Bonchev–Trinajstić information content (AvgIpc) is 3.55. The molecule has 280 valence electrons. The minimum atomic E-state index is -4.88. The fraction of sp³-hybridized carbons (Fsp3) is 0.312. The molecule has 20 heteroatoms. The summed E-state index contributed by atoms with van der Waals surface area (Å²) in [4.78, 5) is 36.8. The number of ether oxygens (including phenoxy) is 2. The Hall–Kier alpha value is -5.92. The van der Waals surface area contributed by atoms with Crippen LogP contribution in [0.15, 0.2) is 54.6 Å².